The van der Waals surface area contributed by atoms with Crippen LogP contribution < -0.4 is 10.6 Å². The first-order valence-electron chi connectivity index (χ1n) is 4.02. The van der Waals surface area contributed by atoms with E-state index in [4.69, 9.17) is 15.3 Å². The summed E-state index contributed by atoms with van der Waals surface area (Å²) in [5.74, 6) is -2.82. The zero-order valence-corrected chi connectivity index (χ0v) is 7.77. The number of hydrogen-bond donors (Lipinski definition) is 5. The predicted octanol–water partition coefficient (Wildman–Crippen LogP) is -3.34. The molecular formula is C7H12N2O6. The van der Waals surface area contributed by atoms with Gasteiger partial charge in [0.05, 0.1) is 13.1 Å². The Labute approximate surface area is 84.9 Å². The maximum Gasteiger partial charge on any atom is 0.334 e. The Morgan fingerprint density at radius 3 is 2.20 bits per heavy atom. The molecular weight excluding hydrogens is 208 g/mol. The number of carbonyl (C=O) groups excluding carboxylic acids is 2. The van der Waals surface area contributed by atoms with Gasteiger partial charge in [-0.1, -0.05) is 0 Å². The maximum absolute atomic E-state index is 10.9. The van der Waals surface area contributed by atoms with E-state index >= 15 is 0 Å². The first kappa shape index (κ1) is 13.3. The first-order chi connectivity index (χ1) is 6.97. The highest BCUT2D eigenvalue weighted by atomic mass is 16.4. The normalized spacial score (nSPS) is 11.6. The Kier molecular flexibility index (Phi) is 5.99. The van der Waals surface area contributed by atoms with Crippen molar-refractivity contribution in [3.63, 3.8) is 0 Å². The third-order valence-corrected chi connectivity index (χ3v) is 1.37. The van der Waals surface area contributed by atoms with Gasteiger partial charge in [-0.05, 0) is 0 Å². The number of aliphatic hydroxyl groups is 2. The van der Waals surface area contributed by atoms with Gasteiger partial charge in [0.1, 0.15) is 6.61 Å². The molecule has 0 aliphatic rings. The number of amides is 2. The molecule has 0 spiro atoms. The van der Waals surface area contributed by atoms with Gasteiger partial charge in [0, 0.05) is 0 Å². The topological polar surface area (TPSA) is 136 Å². The summed E-state index contributed by atoms with van der Waals surface area (Å²) in [5, 5.41) is 29.4. The largest absolute Gasteiger partial charge is 0.479 e. The Bertz CT molecular complexity index is 254. The molecule has 0 saturated carbocycles. The van der Waals surface area contributed by atoms with E-state index in [0.29, 0.717) is 0 Å². The molecule has 8 heteroatoms. The van der Waals surface area contributed by atoms with Crippen LogP contribution in [-0.2, 0) is 14.4 Å². The lowest BCUT2D eigenvalue weighted by atomic mass is 10.3. The Hall–Kier alpha value is -1.67. The van der Waals surface area contributed by atoms with Crippen molar-refractivity contribution in [2.24, 2.45) is 0 Å². The van der Waals surface area contributed by atoms with Crippen LogP contribution in [0, 0.1) is 0 Å². The molecule has 0 bridgehead atoms. The first-order valence-corrected chi connectivity index (χ1v) is 4.02. The van der Waals surface area contributed by atoms with Crippen molar-refractivity contribution in [1.82, 2.24) is 10.6 Å². The lowest BCUT2D eigenvalue weighted by molar-refractivity contribution is -0.146. The predicted molar refractivity (Wildman–Crippen MR) is 46.7 cm³/mol. The SMILES string of the molecule is O=C(CO)NCC(=O)NC[C@@H](O)C(=O)O. The van der Waals surface area contributed by atoms with Crippen molar-refractivity contribution < 1.29 is 29.7 Å². The highest BCUT2D eigenvalue weighted by Crippen LogP contribution is 1.79. The smallest absolute Gasteiger partial charge is 0.334 e. The summed E-state index contributed by atoms with van der Waals surface area (Å²) in [5.41, 5.74) is 0. The zero-order chi connectivity index (χ0) is 11.8. The van der Waals surface area contributed by atoms with Gasteiger partial charge >= 0.3 is 5.97 Å². The van der Waals surface area contributed by atoms with E-state index in [1.54, 1.807) is 0 Å². The number of aliphatic hydroxyl groups excluding tert-OH is 2. The van der Waals surface area contributed by atoms with Crippen LogP contribution in [0.5, 0.6) is 0 Å². The fraction of sp³-hybridized carbons (Fsp3) is 0.571. The van der Waals surface area contributed by atoms with E-state index in [1.165, 1.54) is 0 Å². The monoisotopic (exact) mass is 220 g/mol. The van der Waals surface area contributed by atoms with Gasteiger partial charge in [-0.3, -0.25) is 9.59 Å². The summed E-state index contributed by atoms with van der Waals surface area (Å²) in [7, 11) is 0. The summed E-state index contributed by atoms with van der Waals surface area (Å²) in [6, 6.07) is 0. The van der Waals surface area contributed by atoms with E-state index in [9.17, 15) is 14.4 Å². The number of carboxylic acids is 1. The average molecular weight is 220 g/mol. The van der Waals surface area contributed by atoms with Crippen molar-refractivity contribution in [1.29, 1.82) is 0 Å². The van der Waals surface area contributed by atoms with E-state index in [1.807, 2.05) is 0 Å². The molecule has 0 aromatic carbocycles. The number of nitrogens with one attached hydrogen (secondary N) is 2. The summed E-state index contributed by atoms with van der Waals surface area (Å²) in [6.07, 6.45) is -1.68. The van der Waals surface area contributed by atoms with Crippen molar-refractivity contribution in [3.05, 3.63) is 0 Å². The Morgan fingerprint density at radius 2 is 1.73 bits per heavy atom. The summed E-state index contributed by atoms with van der Waals surface area (Å²) >= 11 is 0. The number of aliphatic carboxylic acids is 1. The quantitative estimate of drug-likeness (QED) is 0.317. The molecule has 2 amide bonds. The van der Waals surface area contributed by atoms with Gasteiger partial charge in [-0.25, -0.2) is 4.79 Å². The fourth-order valence-corrected chi connectivity index (χ4v) is 0.595. The highest BCUT2D eigenvalue weighted by molar-refractivity contribution is 5.85. The van der Waals surface area contributed by atoms with Crippen molar-refractivity contribution in [2.45, 2.75) is 6.10 Å². The Morgan fingerprint density at radius 1 is 1.13 bits per heavy atom. The van der Waals surface area contributed by atoms with E-state index in [0.717, 1.165) is 0 Å². The summed E-state index contributed by atoms with van der Waals surface area (Å²) in [4.78, 5) is 31.5. The lowest BCUT2D eigenvalue weighted by Crippen LogP contribution is -2.42. The minimum absolute atomic E-state index is 0.383. The second-order valence-corrected chi connectivity index (χ2v) is 2.59. The molecule has 0 aromatic heterocycles. The standard InChI is InChI=1S/C7H12N2O6/c10-3-6(13)9-2-5(12)8-1-4(11)7(14)15/h4,10-11H,1-3H2,(H,8,12)(H,9,13)(H,14,15)/t4-/m1/s1. The number of rotatable bonds is 6. The van der Waals surface area contributed by atoms with Crippen molar-refractivity contribution in [2.75, 3.05) is 19.7 Å². The summed E-state index contributed by atoms with van der Waals surface area (Å²) in [6.45, 7) is -1.56. The van der Waals surface area contributed by atoms with Gasteiger partial charge in [-0.15, -0.1) is 0 Å². The van der Waals surface area contributed by atoms with Gasteiger partial charge in [0.25, 0.3) is 0 Å². The molecule has 1 atom stereocenters. The van der Waals surface area contributed by atoms with Gasteiger partial charge < -0.3 is 26.0 Å². The average Bonchev–Trinajstić information content (AvgIpc) is 2.21. The number of carboxylic acid groups (broad SMARTS) is 1. The summed E-state index contributed by atoms with van der Waals surface area (Å²) < 4.78 is 0. The maximum atomic E-state index is 10.9. The zero-order valence-electron chi connectivity index (χ0n) is 7.77. The number of hydrogen-bond acceptors (Lipinski definition) is 5. The molecule has 0 rings (SSSR count). The van der Waals surface area contributed by atoms with Crippen LogP contribution in [0.2, 0.25) is 0 Å². The lowest BCUT2D eigenvalue weighted by Gasteiger charge is -2.07. The van der Waals surface area contributed by atoms with E-state index in [2.05, 4.69) is 10.6 Å². The molecule has 8 nitrogen and oxygen atoms in total. The van der Waals surface area contributed by atoms with Crippen molar-refractivity contribution >= 4 is 17.8 Å². The Balaban J connectivity index is 3.66. The van der Waals surface area contributed by atoms with Gasteiger partial charge in [0.2, 0.25) is 11.8 Å². The molecule has 5 N–H and O–H groups in total. The van der Waals surface area contributed by atoms with E-state index < -0.39 is 37.0 Å². The minimum atomic E-state index is -1.68. The fourth-order valence-electron chi connectivity index (χ4n) is 0.595. The second kappa shape index (κ2) is 6.74. The van der Waals surface area contributed by atoms with Crippen LogP contribution in [0.1, 0.15) is 0 Å². The molecule has 15 heavy (non-hydrogen) atoms. The van der Waals surface area contributed by atoms with Gasteiger partial charge in [0.15, 0.2) is 6.10 Å². The molecule has 0 aromatic rings. The van der Waals surface area contributed by atoms with Crippen LogP contribution in [0.3, 0.4) is 0 Å². The second-order valence-electron chi connectivity index (χ2n) is 2.59. The molecule has 0 saturated heterocycles. The molecule has 0 heterocycles. The molecule has 0 aliphatic carbocycles. The van der Waals surface area contributed by atoms with Crippen LogP contribution in [0.25, 0.3) is 0 Å². The minimum Gasteiger partial charge on any atom is -0.479 e. The molecule has 0 radical (unpaired) electrons. The highest BCUT2D eigenvalue weighted by Gasteiger charge is 2.14. The molecule has 86 valence electrons. The number of carbonyl (C=O) groups is 3. The van der Waals surface area contributed by atoms with Crippen molar-refractivity contribution in [3.8, 4) is 0 Å². The van der Waals surface area contributed by atoms with Crippen LogP contribution in [0.15, 0.2) is 0 Å². The molecule has 0 aliphatic heterocycles. The molecule has 0 unspecified atom stereocenters. The third-order valence-electron chi connectivity index (χ3n) is 1.37. The van der Waals surface area contributed by atoms with E-state index in [-0.39, 0.29) is 6.54 Å². The van der Waals surface area contributed by atoms with Crippen LogP contribution in [0.4, 0.5) is 0 Å². The van der Waals surface area contributed by atoms with Gasteiger partial charge in [-0.2, -0.15) is 0 Å². The molecule has 0 fully saturated rings. The van der Waals surface area contributed by atoms with Crippen LogP contribution in [-0.4, -0.2) is 58.9 Å². The van der Waals surface area contributed by atoms with Crippen LogP contribution >= 0.6 is 0 Å². The third kappa shape index (κ3) is 6.41.